The molecule has 2 heteroatoms. The molecule has 1 N–H and O–H groups in total. The van der Waals surface area contributed by atoms with E-state index in [2.05, 4.69) is 19.2 Å². The van der Waals surface area contributed by atoms with Crippen LogP contribution in [0.25, 0.3) is 0 Å². The molecule has 0 aromatic carbocycles. The molecule has 1 saturated heterocycles. The third kappa shape index (κ3) is 4.33. The van der Waals surface area contributed by atoms with E-state index in [-0.39, 0.29) is 0 Å². The van der Waals surface area contributed by atoms with Crippen LogP contribution in [0, 0.1) is 11.8 Å². The van der Waals surface area contributed by atoms with Gasteiger partial charge in [0.15, 0.2) is 0 Å². The molecule has 2 nitrogen and oxygen atoms in total. The summed E-state index contributed by atoms with van der Waals surface area (Å²) in [4.78, 5) is 11.8. The molecule has 0 aromatic heterocycles. The van der Waals surface area contributed by atoms with Crippen molar-refractivity contribution in [2.45, 2.75) is 52.4 Å². The van der Waals surface area contributed by atoms with Gasteiger partial charge in [0, 0.05) is 12.3 Å². The smallest absolute Gasteiger partial charge is 0.135 e. The van der Waals surface area contributed by atoms with Gasteiger partial charge in [-0.1, -0.05) is 13.8 Å². The number of carbonyl (C=O) groups is 1. The Morgan fingerprint density at radius 3 is 2.40 bits per heavy atom. The average molecular weight is 211 g/mol. The van der Waals surface area contributed by atoms with Crippen LogP contribution in [0.5, 0.6) is 0 Å². The number of rotatable bonds is 6. The van der Waals surface area contributed by atoms with Gasteiger partial charge in [0.25, 0.3) is 0 Å². The first kappa shape index (κ1) is 12.7. The van der Waals surface area contributed by atoms with Gasteiger partial charge in [-0.15, -0.1) is 0 Å². The van der Waals surface area contributed by atoms with Crippen LogP contribution >= 0.6 is 0 Å². The molecule has 1 heterocycles. The van der Waals surface area contributed by atoms with Gasteiger partial charge in [-0.2, -0.15) is 0 Å². The topological polar surface area (TPSA) is 29.1 Å². The van der Waals surface area contributed by atoms with Gasteiger partial charge in [0.05, 0.1) is 0 Å². The Bertz CT molecular complexity index is 181. The standard InChI is InChI=1S/C13H25NO/c1-3-12(4-2)13(15)6-5-11-7-9-14-10-8-11/h11-12,14H,3-10H2,1-2H3. The fraction of sp³-hybridized carbons (Fsp3) is 0.923. The lowest BCUT2D eigenvalue weighted by Crippen LogP contribution is -2.28. The Morgan fingerprint density at radius 1 is 1.27 bits per heavy atom. The first-order chi connectivity index (χ1) is 7.27. The quantitative estimate of drug-likeness (QED) is 0.732. The third-order valence-corrected chi connectivity index (χ3v) is 3.70. The molecule has 1 aliphatic rings. The van der Waals surface area contributed by atoms with E-state index in [1.807, 2.05) is 0 Å². The minimum atomic E-state index is 0.326. The van der Waals surface area contributed by atoms with E-state index < -0.39 is 0 Å². The van der Waals surface area contributed by atoms with E-state index in [0.717, 1.165) is 44.7 Å². The fourth-order valence-corrected chi connectivity index (χ4v) is 2.46. The maximum Gasteiger partial charge on any atom is 0.135 e. The first-order valence-corrected chi connectivity index (χ1v) is 6.51. The summed E-state index contributed by atoms with van der Waals surface area (Å²) in [6.45, 7) is 6.53. The lowest BCUT2D eigenvalue weighted by molar-refractivity contribution is -0.123. The summed E-state index contributed by atoms with van der Waals surface area (Å²) in [5, 5.41) is 3.36. The predicted octanol–water partition coefficient (Wildman–Crippen LogP) is 2.77. The number of piperidine rings is 1. The Morgan fingerprint density at radius 2 is 1.87 bits per heavy atom. The second kappa shape index (κ2) is 7.00. The number of hydrogen-bond acceptors (Lipinski definition) is 2. The molecule has 0 bridgehead atoms. The molecule has 0 amide bonds. The molecule has 1 aliphatic heterocycles. The van der Waals surface area contributed by atoms with Crippen molar-refractivity contribution >= 4 is 5.78 Å². The van der Waals surface area contributed by atoms with Gasteiger partial charge in [-0.25, -0.2) is 0 Å². The Labute approximate surface area is 93.8 Å². The van der Waals surface area contributed by atoms with Crippen LogP contribution in [-0.2, 0) is 4.79 Å². The van der Waals surface area contributed by atoms with Gasteiger partial charge in [0.2, 0.25) is 0 Å². The summed E-state index contributed by atoms with van der Waals surface area (Å²) in [6, 6.07) is 0. The molecule has 0 spiro atoms. The van der Waals surface area contributed by atoms with Crippen molar-refractivity contribution < 1.29 is 4.79 Å². The lowest BCUT2D eigenvalue weighted by atomic mass is 9.88. The summed E-state index contributed by atoms with van der Waals surface area (Å²) in [5.41, 5.74) is 0. The molecule has 88 valence electrons. The van der Waals surface area contributed by atoms with E-state index in [1.54, 1.807) is 0 Å². The molecular weight excluding hydrogens is 186 g/mol. The highest BCUT2D eigenvalue weighted by molar-refractivity contribution is 5.80. The Balaban J connectivity index is 2.20. The molecule has 15 heavy (non-hydrogen) atoms. The summed E-state index contributed by atoms with van der Waals surface area (Å²) in [6.07, 6.45) is 6.49. The van der Waals surface area contributed by atoms with Crippen LogP contribution in [0.1, 0.15) is 52.4 Å². The van der Waals surface area contributed by atoms with Crippen LogP contribution < -0.4 is 5.32 Å². The van der Waals surface area contributed by atoms with Crippen LogP contribution in [-0.4, -0.2) is 18.9 Å². The van der Waals surface area contributed by atoms with Crippen molar-refractivity contribution in [3.8, 4) is 0 Å². The van der Waals surface area contributed by atoms with Crippen molar-refractivity contribution in [2.24, 2.45) is 11.8 Å². The molecule has 0 unspecified atom stereocenters. The highest BCUT2D eigenvalue weighted by atomic mass is 16.1. The van der Waals surface area contributed by atoms with E-state index in [9.17, 15) is 4.79 Å². The van der Waals surface area contributed by atoms with Crippen LogP contribution in [0.2, 0.25) is 0 Å². The Kier molecular flexibility index (Phi) is 5.92. The van der Waals surface area contributed by atoms with E-state index in [0.29, 0.717) is 11.7 Å². The second-order valence-electron chi connectivity index (χ2n) is 4.71. The van der Waals surface area contributed by atoms with Gasteiger partial charge >= 0.3 is 0 Å². The van der Waals surface area contributed by atoms with E-state index in [1.165, 1.54) is 12.8 Å². The molecule has 0 aromatic rings. The second-order valence-corrected chi connectivity index (χ2v) is 4.71. The van der Waals surface area contributed by atoms with Crippen molar-refractivity contribution in [1.82, 2.24) is 5.32 Å². The van der Waals surface area contributed by atoms with Crippen molar-refractivity contribution in [3.05, 3.63) is 0 Å². The minimum absolute atomic E-state index is 0.326. The van der Waals surface area contributed by atoms with Crippen LogP contribution in [0.3, 0.4) is 0 Å². The molecule has 0 aliphatic carbocycles. The molecule has 1 fully saturated rings. The van der Waals surface area contributed by atoms with Gasteiger partial charge < -0.3 is 5.32 Å². The molecule has 0 radical (unpaired) electrons. The van der Waals surface area contributed by atoms with Gasteiger partial charge in [-0.3, -0.25) is 4.79 Å². The number of nitrogens with one attached hydrogen (secondary N) is 1. The number of Topliss-reactive ketones (excluding diaryl/α,β-unsaturated/α-hetero) is 1. The SMILES string of the molecule is CCC(CC)C(=O)CCC1CCNCC1. The fourth-order valence-electron chi connectivity index (χ4n) is 2.46. The first-order valence-electron chi connectivity index (χ1n) is 6.51. The average Bonchev–Trinajstić information content (AvgIpc) is 2.29. The third-order valence-electron chi connectivity index (χ3n) is 3.70. The summed E-state index contributed by atoms with van der Waals surface area (Å²) >= 11 is 0. The zero-order valence-corrected chi connectivity index (χ0v) is 10.2. The lowest BCUT2D eigenvalue weighted by Gasteiger charge is -2.22. The summed E-state index contributed by atoms with van der Waals surface area (Å²) in [5.74, 6) is 1.62. The summed E-state index contributed by atoms with van der Waals surface area (Å²) in [7, 11) is 0. The van der Waals surface area contributed by atoms with E-state index in [4.69, 9.17) is 0 Å². The van der Waals surface area contributed by atoms with Crippen molar-refractivity contribution in [2.75, 3.05) is 13.1 Å². The van der Waals surface area contributed by atoms with Crippen LogP contribution in [0.15, 0.2) is 0 Å². The number of carbonyl (C=O) groups excluding carboxylic acids is 1. The zero-order valence-electron chi connectivity index (χ0n) is 10.2. The number of hydrogen-bond donors (Lipinski definition) is 1. The van der Waals surface area contributed by atoms with Crippen LogP contribution in [0.4, 0.5) is 0 Å². The monoisotopic (exact) mass is 211 g/mol. The normalized spacial score (nSPS) is 18.3. The molecule has 1 rings (SSSR count). The molecule has 0 saturated carbocycles. The molecule has 0 atom stereocenters. The van der Waals surface area contributed by atoms with Gasteiger partial charge in [0.1, 0.15) is 5.78 Å². The van der Waals surface area contributed by atoms with E-state index >= 15 is 0 Å². The minimum Gasteiger partial charge on any atom is -0.317 e. The Hall–Kier alpha value is -0.370. The molecular formula is C13H25NO. The maximum atomic E-state index is 11.8. The predicted molar refractivity (Wildman–Crippen MR) is 63.9 cm³/mol. The number of ketones is 1. The summed E-state index contributed by atoms with van der Waals surface area (Å²) < 4.78 is 0. The van der Waals surface area contributed by atoms with Crippen molar-refractivity contribution in [1.29, 1.82) is 0 Å². The maximum absolute atomic E-state index is 11.8. The van der Waals surface area contributed by atoms with Gasteiger partial charge in [-0.05, 0) is 51.1 Å². The van der Waals surface area contributed by atoms with Crippen molar-refractivity contribution in [3.63, 3.8) is 0 Å². The highest BCUT2D eigenvalue weighted by Gasteiger charge is 2.18. The largest absolute Gasteiger partial charge is 0.317 e. The zero-order chi connectivity index (χ0) is 11.1. The highest BCUT2D eigenvalue weighted by Crippen LogP contribution is 2.20.